The van der Waals surface area contributed by atoms with E-state index in [1.165, 1.54) is 25.7 Å². The number of hydrogen-bond donors (Lipinski definition) is 1. The van der Waals surface area contributed by atoms with Crippen LogP contribution in [0.25, 0.3) is 16.9 Å². The summed E-state index contributed by atoms with van der Waals surface area (Å²) in [6.07, 6.45) is 10.7. The molecule has 0 saturated heterocycles. The maximum atomic E-state index is 4.78. The molecular weight excluding hydrogens is 340 g/mol. The first-order chi connectivity index (χ1) is 10.8. The van der Waals surface area contributed by atoms with Crippen molar-refractivity contribution < 1.29 is 0 Å². The Balaban J connectivity index is 1.85. The Morgan fingerprint density at radius 1 is 1.23 bits per heavy atom. The zero-order valence-electron chi connectivity index (χ0n) is 12.2. The highest BCUT2D eigenvalue weighted by Crippen LogP contribution is 2.32. The Kier molecular flexibility index (Phi) is 3.58. The van der Waals surface area contributed by atoms with Gasteiger partial charge in [-0.1, -0.05) is 40.9 Å². The molecule has 5 heteroatoms. The number of nitrogens with one attached hydrogen (secondary N) is 1. The molecule has 1 fully saturated rings. The van der Waals surface area contributed by atoms with Gasteiger partial charge >= 0.3 is 0 Å². The molecule has 0 atom stereocenters. The SMILES string of the molecule is Brc1cccc(-c2nc3cnccn3c2NC2CCCC2)c1. The molecule has 1 aromatic carbocycles. The Morgan fingerprint density at radius 2 is 2.09 bits per heavy atom. The van der Waals surface area contributed by atoms with Crippen molar-refractivity contribution >= 4 is 27.4 Å². The van der Waals surface area contributed by atoms with Crippen LogP contribution in [-0.4, -0.2) is 20.4 Å². The molecule has 1 N–H and O–H groups in total. The average molecular weight is 357 g/mol. The molecule has 0 aliphatic heterocycles. The lowest BCUT2D eigenvalue weighted by Crippen LogP contribution is -2.16. The first kappa shape index (κ1) is 13.8. The Hall–Kier alpha value is -1.88. The number of nitrogens with zero attached hydrogens (tertiary/aromatic N) is 3. The van der Waals surface area contributed by atoms with Crippen molar-refractivity contribution in [2.24, 2.45) is 0 Å². The first-order valence-corrected chi connectivity index (χ1v) is 8.45. The molecule has 2 heterocycles. The molecule has 0 radical (unpaired) electrons. The molecule has 22 heavy (non-hydrogen) atoms. The lowest BCUT2D eigenvalue weighted by molar-refractivity contribution is 0.749. The fourth-order valence-electron chi connectivity index (χ4n) is 3.15. The Morgan fingerprint density at radius 3 is 2.91 bits per heavy atom. The van der Waals surface area contributed by atoms with Gasteiger partial charge in [0.25, 0.3) is 0 Å². The smallest absolute Gasteiger partial charge is 0.157 e. The highest BCUT2D eigenvalue weighted by atomic mass is 79.9. The van der Waals surface area contributed by atoms with Crippen molar-refractivity contribution in [1.29, 1.82) is 0 Å². The van der Waals surface area contributed by atoms with Crippen molar-refractivity contribution in [1.82, 2.24) is 14.4 Å². The van der Waals surface area contributed by atoms with Crippen LogP contribution in [0.15, 0.2) is 47.3 Å². The van der Waals surface area contributed by atoms with Crippen LogP contribution in [0.5, 0.6) is 0 Å². The minimum absolute atomic E-state index is 0.541. The molecule has 0 amide bonds. The molecule has 0 bridgehead atoms. The number of imidazole rings is 1. The fraction of sp³-hybridized carbons (Fsp3) is 0.294. The van der Waals surface area contributed by atoms with Gasteiger partial charge in [0.1, 0.15) is 11.5 Å². The standard InChI is InChI=1S/C17H17BrN4/c18-13-5-3-4-12(10-13)16-17(20-14-6-1-2-7-14)22-9-8-19-11-15(22)21-16/h3-5,8-11,14,20H,1-2,6-7H2. The van der Waals surface area contributed by atoms with Crippen LogP contribution in [0, 0.1) is 0 Å². The molecule has 2 aromatic heterocycles. The molecule has 3 aromatic rings. The lowest BCUT2D eigenvalue weighted by Gasteiger charge is -2.14. The first-order valence-electron chi connectivity index (χ1n) is 7.66. The highest BCUT2D eigenvalue weighted by molar-refractivity contribution is 9.10. The van der Waals surface area contributed by atoms with Gasteiger partial charge in [0.15, 0.2) is 5.65 Å². The van der Waals surface area contributed by atoms with Crippen LogP contribution in [0.1, 0.15) is 25.7 Å². The van der Waals surface area contributed by atoms with Crippen molar-refractivity contribution in [2.75, 3.05) is 5.32 Å². The summed E-state index contributed by atoms with van der Waals surface area (Å²) >= 11 is 3.55. The Bertz CT molecular complexity index is 805. The van der Waals surface area contributed by atoms with Gasteiger partial charge in [-0.05, 0) is 25.0 Å². The van der Waals surface area contributed by atoms with Gasteiger partial charge in [0.2, 0.25) is 0 Å². The maximum Gasteiger partial charge on any atom is 0.157 e. The van der Waals surface area contributed by atoms with E-state index in [1.54, 1.807) is 12.4 Å². The number of aromatic nitrogens is 3. The molecule has 0 unspecified atom stereocenters. The quantitative estimate of drug-likeness (QED) is 0.750. The minimum Gasteiger partial charge on any atom is -0.367 e. The van der Waals surface area contributed by atoms with E-state index in [9.17, 15) is 0 Å². The number of benzene rings is 1. The molecular formula is C17H17BrN4. The van der Waals surface area contributed by atoms with Crippen LogP contribution < -0.4 is 5.32 Å². The average Bonchev–Trinajstić information content (AvgIpc) is 3.16. The van der Waals surface area contributed by atoms with E-state index >= 15 is 0 Å². The molecule has 1 aliphatic rings. The van der Waals surface area contributed by atoms with E-state index in [4.69, 9.17) is 4.98 Å². The van der Waals surface area contributed by atoms with Crippen LogP contribution in [0.3, 0.4) is 0 Å². The fourth-order valence-corrected chi connectivity index (χ4v) is 3.54. The van der Waals surface area contributed by atoms with E-state index in [0.29, 0.717) is 6.04 Å². The summed E-state index contributed by atoms with van der Waals surface area (Å²) in [5.41, 5.74) is 2.97. The van der Waals surface area contributed by atoms with Gasteiger partial charge < -0.3 is 5.32 Å². The second kappa shape index (κ2) is 5.72. The van der Waals surface area contributed by atoms with Crippen molar-refractivity contribution in [3.05, 3.63) is 47.3 Å². The van der Waals surface area contributed by atoms with E-state index in [1.807, 2.05) is 18.3 Å². The zero-order chi connectivity index (χ0) is 14.9. The summed E-state index contributed by atoms with van der Waals surface area (Å²) in [7, 11) is 0. The summed E-state index contributed by atoms with van der Waals surface area (Å²) in [5.74, 6) is 1.07. The topological polar surface area (TPSA) is 42.2 Å². The van der Waals surface area contributed by atoms with E-state index in [2.05, 4.69) is 42.8 Å². The van der Waals surface area contributed by atoms with Gasteiger partial charge in [-0.25, -0.2) is 4.98 Å². The van der Waals surface area contributed by atoms with Gasteiger partial charge in [-0.15, -0.1) is 0 Å². The molecule has 1 saturated carbocycles. The normalized spacial score (nSPS) is 15.5. The third-order valence-corrected chi connectivity index (χ3v) is 4.72. The summed E-state index contributed by atoms with van der Waals surface area (Å²) in [4.78, 5) is 8.97. The predicted octanol–water partition coefficient (Wildman–Crippen LogP) is 4.51. The molecule has 4 rings (SSSR count). The van der Waals surface area contributed by atoms with Crippen molar-refractivity contribution in [3.8, 4) is 11.3 Å². The van der Waals surface area contributed by atoms with E-state index in [0.717, 1.165) is 27.2 Å². The summed E-state index contributed by atoms with van der Waals surface area (Å²) in [5, 5.41) is 3.71. The number of anilines is 1. The second-order valence-corrected chi connectivity index (χ2v) is 6.67. The van der Waals surface area contributed by atoms with Gasteiger partial charge in [-0.2, -0.15) is 0 Å². The van der Waals surface area contributed by atoms with E-state index < -0.39 is 0 Å². The summed E-state index contributed by atoms with van der Waals surface area (Å²) < 4.78 is 3.16. The molecule has 1 aliphatic carbocycles. The monoisotopic (exact) mass is 356 g/mol. The van der Waals surface area contributed by atoms with Crippen LogP contribution in [-0.2, 0) is 0 Å². The van der Waals surface area contributed by atoms with Crippen LogP contribution >= 0.6 is 15.9 Å². The third kappa shape index (κ3) is 2.50. The third-order valence-electron chi connectivity index (χ3n) is 4.22. The van der Waals surface area contributed by atoms with Gasteiger partial charge in [0, 0.05) is 28.5 Å². The Labute approximate surface area is 137 Å². The van der Waals surface area contributed by atoms with E-state index in [-0.39, 0.29) is 0 Å². The molecule has 0 spiro atoms. The van der Waals surface area contributed by atoms with Crippen molar-refractivity contribution in [3.63, 3.8) is 0 Å². The summed E-state index contributed by atoms with van der Waals surface area (Å²) in [6, 6.07) is 8.82. The zero-order valence-corrected chi connectivity index (χ0v) is 13.8. The number of hydrogen-bond acceptors (Lipinski definition) is 3. The second-order valence-electron chi connectivity index (χ2n) is 5.75. The lowest BCUT2D eigenvalue weighted by atomic mass is 10.1. The van der Waals surface area contributed by atoms with Gasteiger partial charge in [-0.3, -0.25) is 9.38 Å². The molecule has 4 nitrogen and oxygen atoms in total. The number of halogens is 1. The van der Waals surface area contributed by atoms with Crippen molar-refractivity contribution in [2.45, 2.75) is 31.7 Å². The maximum absolute atomic E-state index is 4.78. The van der Waals surface area contributed by atoms with Crippen LogP contribution in [0.2, 0.25) is 0 Å². The highest BCUT2D eigenvalue weighted by Gasteiger charge is 2.20. The number of rotatable bonds is 3. The summed E-state index contributed by atoms with van der Waals surface area (Å²) in [6.45, 7) is 0. The minimum atomic E-state index is 0.541. The molecule has 112 valence electrons. The number of fused-ring (bicyclic) bond motifs is 1. The van der Waals surface area contributed by atoms with Gasteiger partial charge in [0.05, 0.1) is 6.20 Å². The largest absolute Gasteiger partial charge is 0.367 e. The predicted molar refractivity (Wildman–Crippen MR) is 92.0 cm³/mol. The van der Waals surface area contributed by atoms with Crippen LogP contribution in [0.4, 0.5) is 5.82 Å².